The molecule has 142 valence electrons. The first kappa shape index (κ1) is 20.4. The molecule has 0 saturated carbocycles. The van der Waals surface area contributed by atoms with E-state index in [-0.39, 0.29) is 24.5 Å². The number of rotatable bonds is 8. The van der Waals surface area contributed by atoms with E-state index in [0.717, 1.165) is 18.4 Å². The molecule has 0 aromatic heterocycles. The number of nitrogens with one attached hydrogen (secondary N) is 1. The SMILES string of the molecule is CCCc1ccc(C(=O)CCC(=O)Nc2cc(C(=O)OC)ccc2C)cc1. The number of carbonyl (C=O) groups excluding carboxylic acids is 3. The van der Waals surface area contributed by atoms with Crippen molar-refractivity contribution in [2.45, 2.75) is 39.5 Å². The summed E-state index contributed by atoms with van der Waals surface area (Å²) < 4.78 is 4.69. The molecule has 0 unspecified atom stereocenters. The van der Waals surface area contributed by atoms with Crippen molar-refractivity contribution in [2.75, 3.05) is 12.4 Å². The largest absolute Gasteiger partial charge is 0.465 e. The fraction of sp³-hybridized carbons (Fsp3) is 0.318. The number of ether oxygens (including phenoxy) is 1. The van der Waals surface area contributed by atoms with Gasteiger partial charge in [-0.25, -0.2) is 4.79 Å². The fourth-order valence-electron chi connectivity index (χ4n) is 2.73. The van der Waals surface area contributed by atoms with E-state index in [1.165, 1.54) is 12.7 Å². The summed E-state index contributed by atoms with van der Waals surface area (Å²) in [6.45, 7) is 3.94. The van der Waals surface area contributed by atoms with Gasteiger partial charge in [-0.15, -0.1) is 0 Å². The number of methoxy groups -OCH3 is 1. The van der Waals surface area contributed by atoms with Crippen LogP contribution in [-0.4, -0.2) is 24.8 Å². The number of hydrogen-bond donors (Lipinski definition) is 1. The highest BCUT2D eigenvalue weighted by atomic mass is 16.5. The molecule has 0 saturated heterocycles. The molecule has 1 amide bonds. The molecule has 0 fully saturated rings. The Balaban J connectivity index is 1.94. The molecule has 0 spiro atoms. The summed E-state index contributed by atoms with van der Waals surface area (Å²) in [6, 6.07) is 12.5. The van der Waals surface area contributed by atoms with E-state index in [0.29, 0.717) is 16.8 Å². The smallest absolute Gasteiger partial charge is 0.337 e. The Hall–Kier alpha value is -2.95. The molecule has 5 nitrogen and oxygen atoms in total. The van der Waals surface area contributed by atoms with Gasteiger partial charge in [0, 0.05) is 24.1 Å². The third kappa shape index (κ3) is 5.78. The standard InChI is InChI=1S/C22H25NO4/c1-4-5-16-7-10-17(11-8-16)20(24)12-13-21(25)23-19-14-18(22(26)27-3)9-6-15(19)2/h6-11,14H,4-5,12-13H2,1-3H3,(H,23,25). The zero-order valence-electron chi connectivity index (χ0n) is 16.0. The fourth-order valence-corrected chi connectivity index (χ4v) is 2.73. The van der Waals surface area contributed by atoms with Crippen LogP contribution in [0.3, 0.4) is 0 Å². The van der Waals surface area contributed by atoms with Crippen molar-refractivity contribution in [3.8, 4) is 0 Å². The monoisotopic (exact) mass is 367 g/mol. The predicted molar refractivity (Wildman–Crippen MR) is 105 cm³/mol. The highest BCUT2D eigenvalue weighted by Gasteiger charge is 2.12. The van der Waals surface area contributed by atoms with Crippen LogP contribution >= 0.6 is 0 Å². The molecule has 0 heterocycles. The molecule has 0 aliphatic carbocycles. The number of amides is 1. The first-order valence-electron chi connectivity index (χ1n) is 9.05. The van der Waals surface area contributed by atoms with Gasteiger partial charge in [0.1, 0.15) is 0 Å². The van der Waals surface area contributed by atoms with Crippen molar-refractivity contribution in [1.82, 2.24) is 0 Å². The highest BCUT2D eigenvalue weighted by Crippen LogP contribution is 2.18. The van der Waals surface area contributed by atoms with E-state index >= 15 is 0 Å². The van der Waals surface area contributed by atoms with Crippen LogP contribution in [-0.2, 0) is 16.0 Å². The lowest BCUT2D eigenvalue weighted by atomic mass is 10.0. The average molecular weight is 367 g/mol. The number of Topliss-reactive ketones (excluding diaryl/α,β-unsaturated/α-hetero) is 1. The van der Waals surface area contributed by atoms with Crippen molar-refractivity contribution < 1.29 is 19.1 Å². The first-order valence-corrected chi connectivity index (χ1v) is 9.05. The second kappa shape index (κ2) is 9.67. The van der Waals surface area contributed by atoms with Gasteiger partial charge in [0.15, 0.2) is 5.78 Å². The van der Waals surface area contributed by atoms with E-state index in [1.807, 2.05) is 31.2 Å². The molecular formula is C22H25NO4. The lowest BCUT2D eigenvalue weighted by Gasteiger charge is -2.10. The van der Waals surface area contributed by atoms with Gasteiger partial charge in [0.25, 0.3) is 0 Å². The molecule has 5 heteroatoms. The zero-order valence-corrected chi connectivity index (χ0v) is 16.0. The van der Waals surface area contributed by atoms with Crippen LogP contribution in [0.15, 0.2) is 42.5 Å². The second-order valence-corrected chi connectivity index (χ2v) is 6.44. The number of esters is 1. The lowest BCUT2D eigenvalue weighted by molar-refractivity contribution is -0.116. The Labute approximate surface area is 159 Å². The van der Waals surface area contributed by atoms with E-state index in [2.05, 4.69) is 12.2 Å². The summed E-state index contributed by atoms with van der Waals surface area (Å²) in [7, 11) is 1.31. The van der Waals surface area contributed by atoms with E-state index in [4.69, 9.17) is 4.74 Å². The average Bonchev–Trinajstić information content (AvgIpc) is 2.68. The Kier molecular flexibility index (Phi) is 7.29. The van der Waals surface area contributed by atoms with Crippen molar-refractivity contribution >= 4 is 23.3 Å². The van der Waals surface area contributed by atoms with Gasteiger partial charge in [-0.1, -0.05) is 43.7 Å². The first-order chi connectivity index (χ1) is 12.9. The van der Waals surface area contributed by atoms with Crippen molar-refractivity contribution in [1.29, 1.82) is 0 Å². The van der Waals surface area contributed by atoms with Crippen molar-refractivity contribution in [2.24, 2.45) is 0 Å². The molecule has 2 aromatic carbocycles. The van der Waals surface area contributed by atoms with E-state index < -0.39 is 5.97 Å². The van der Waals surface area contributed by atoms with Crippen molar-refractivity contribution in [3.63, 3.8) is 0 Å². The molecule has 1 N–H and O–H groups in total. The maximum Gasteiger partial charge on any atom is 0.337 e. The molecule has 0 aliphatic rings. The van der Waals surface area contributed by atoms with Crippen LogP contribution < -0.4 is 5.32 Å². The van der Waals surface area contributed by atoms with Crippen LogP contribution in [0.4, 0.5) is 5.69 Å². The van der Waals surface area contributed by atoms with E-state index in [1.54, 1.807) is 18.2 Å². The Bertz CT molecular complexity index is 825. The topological polar surface area (TPSA) is 72.5 Å². The highest BCUT2D eigenvalue weighted by molar-refractivity contribution is 6.00. The predicted octanol–water partition coefficient (Wildman–Crippen LogP) is 4.34. The third-order valence-corrected chi connectivity index (χ3v) is 4.33. The normalized spacial score (nSPS) is 10.3. The van der Waals surface area contributed by atoms with Gasteiger partial charge in [0.05, 0.1) is 12.7 Å². The van der Waals surface area contributed by atoms with Gasteiger partial charge in [-0.05, 0) is 36.6 Å². The van der Waals surface area contributed by atoms with Crippen molar-refractivity contribution in [3.05, 3.63) is 64.7 Å². The minimum absolute atomic E-state index is 0.0618. The second-order valence-electron chi connectivity index (χ2n) is 6.44. The van der Waals surface area contributed by atoms with Crippen LogP contribution in [0.5, 0.6) is 0 Å². The minimum Gasteiger partial charge on any atom is -0.465 e. The van der Waals surface area contributed by atoms with Gasteiger partial charge in [0.2, 0.25) is 5.91 Å². The Morgan fingerprint density at radius 2 is 1.63 bits per heavy atom. The summed E-state index contributed by atoms with van der Waals surface area (Å²) in [5.74, 6) is -0.795. The number of hydrogen-bond acceptors (Lipinski definition) is 4. The minimum atomic E-state index is -0.466. The summed E-state index contributed by atoms with van der Waals surface area (Å²) in [6.07, 6.45) is 2.26. The Morgan fingerprint density at radius 1 is 0.963 bits per heavy atom. The molecule has 0 radical (unpaired) electrons. The van der Waals surface area contributed by atoms with Gasteiger partial charge in [-0.3, -0.25) is 9.59 Å². The number of aryl methyl sites for hydroxylation is 2. The Morgan fingerprint density at radius 3 is 2.26 bits per heavy atom. The number of ketones is 1. The maximum atomic E-state index is 12.3. The van der Waals surface area contributed by atoms with Crippen LogP contribution in [0.1, 0.15) is 58.0 Å². The maximum absolute atomic E-state index is 12.3. The number of anilines is 1. The summed E-state index contributed by atoms with van der Waals surface area (Å²) in [4.78, 5) is 36.1. The van der Waals surface area contributed by atoms with Crippen LogP contribution in [0.25, 0.3) is 0 Å². The summed E-state index contributed by atoms with van der Waals surface area (Å²) in [5.41, 5.74) is 3.55. The molecule has 27 heavy (non-hydrogen) atoms. The van der Waals surface area contributed by atoms with Gasteiger partial charge in [-0.2, -0.15) is 0 Å². The molecule has 0 bridgehead atoms. The molecular weight excluding hydrogens is 342 g/mol. The van der Waals surface area contributed by atoms with Gasteiger partial charge >= 0.3 is 5.97 Å². The molecule has 0 atom stereocenters. The molecule has 2 aromatic rings. The van der Waals surface area contributed by atoms with E-state index in [9.17, 15) is 14.4 Å². The molecule has 2 rings (SSSR count). The van der Waals surface area contributed by atoms with Crippen LogP contribution in [0, 0.1) is 6.92 Å². The zero-order chi connectivity index (χ0) is 19.8. The number of benzene rings is 2. The molecule has 0 aliphatic heterocycles. The number of carbonyl (C=O) groups is 3. The van der Waals surface area contributed by atoms with Crippen LogP contribution in [0.2, 0.25) is 0 Å². The van der Waals surface area contributed by atoms with Gasteiger partial charge < -0.3 is 10.1 Å². The third-order valence-electron chi connectivity index (χ3n) is 4.33. The summed E-state index contributed by atoms with van der Waals surface area (Å²) in [5, 5.41) is 2.76. The lowest BCUT2D eigenvalue weighted by Crippen LogP contribution is -2.15. The summed E-state index contributed by atoms with van der Waals surface area (Å²) >= 11 is 0. The quantitative estimate of drug-likeness (QED) is 0.556.